The Morgan fingerprint density at radius 3 is 2.89 bits per heavy atom. The summed E-state index contributed by atoms with van der Waals surface area (Å²) in [5.41, 5.74) is 1.16. The van der Waals surface area contributed by atoms with Crippen LogP contribution in [0.1, 0.15) is 37.8 Å². The second-order valence-electron chi connectivity index (χ2n) is 5.00. The Labute approximate surface area is 113 Å². The molecule has 19 heavy (non-hydrogen) atoms. The Kier molecular flexibility index (Phi) is 3.32. The van der Waals surface area contributed by atoms with E-state index in [9.17, 15) is 4.79 Å². The lowest BCUT2D eigenvalue weighted by atomic mass is 10.0. The van der Waals surface area contributed by atoms with E-state index in [1.54, 1.807) is 0 Å². The van der Waals surface area contributed by atoms with Crippen LogP contribution in [0.25, 0.3) is 0 Å². The van der Waals surface area contributed by atoms with Crippen molar-refractivity contribution in [2.24, 2.45) is 0 Å². The number of benzene rings is 1. The van der Waals surface area contributed by atoms with E-state index in [0.29, 0.717) is 19.6 Å². The number of carbonyl (C=O) groups is 1. The standard InChI is InChI=1S/C15H19NO3/c1-2-15(17)16-7-3-4-12(16)11-5-6-13-14(10-11)19-9-8-18-13/h5-6,10,12H,2-4,7-9H2,1H3. The van der Waals surface area contributed by atoms with Crippen molar-refractivity contribution in [2.45, 2.75) is 32.2 Å². The first kappa shape index (κ1) is 12.3. The van der Waals surface area contributed by atoms with E-state index in [-0.39, 0.29) is 11.9 Å². The first-order chi connectivity index (χ1) is 9.29. The number of nitrogens with zero attached hydrogens (tertiary/aromatic N) is 1. The average molecular weight is 261 g/mol. The minimum atomic E-state index is 0.197. The van der Waals surface area contributed by atoms with Gasteiger partial charge >= 0.3 is 0 Å². The molecule has 0 aromatic heterocycles. The second kappa shape index (κ2) is 5.11. The first-order valence-electron chi connectivity index (χ1n) is 6.98. The highest BCUT2D eigenvalue weighted by Gasteiger charge is 2.29. The van der Waals surface area contributed by atoms with Crippen LogP contribution in [0.5, 0.6) is 11.5 Å². The summed E-state index contributed by atoms with van der Waals surface area (Å²) < 4.78 is 11.1. The zero-order chi connectivity index (χ0) is 13.2. The molecule has 102 valence electrons. The van der Waals surface area contributed by atoms with E-state index in [1.807, 2.05) is 24.0 Å². The number of fused-ring (bicyclic) bond motifs is 1. The highest BCUT2D eigenvalue weighted by atomic mass is 16.6. The fourth-order valence-electron chi connectivity index (χ4n) is 2.88. The summed E-state index contributed by atoms with van der Waals surface area (Å²) >= 11 is 0. The van der Waals surface area contributed by atoms with Gasteiger partial charge in [0.2, 0.25) is 5.91 Å². The number of amides is 1. The lowest BCUT2D eigenvalue weighted by molar-refractivity contribution is -0.131. The van der Waals surface area contributed by atoms with Crippen molar-refractivity contribution in [3.8, 4) is 11.5 Å². The van der Waals surface area contributed by atoms with Gasteiger partial charge in [-0.1, -0.05) is 13.0 Å². The molecular weight excluding hydrogens is 242 g/mol. The largest absolute Gasteiger partial charge is 0.486 e. The Balaban J connectivity index is 1.87. The third-order valence-electron chi connectivity index (χ3n) is 3.83. The molecule has 0 radical (unpaired) electrons. The molecule has 3 rings (SSSR count). The molecular formula is C15H19NO3. The van der Waals surface area contributed by atoms with Crippen LogP contribution < -0.4 is 9.47 Å². The number of hydrogen-bond donors (Lipinski definition) is 0. The zero-order valence-electron chi connectivity index (χ0n) is 11.2. The van der Waals surface area contributed by atoms with Gasteiger partial charge in [0.1, 0.15) is 13.2 Å². The molecule has 4 nitrogen and oxygen atoms in total. The summed E-state index contributed by atoms with van der Waals surface area (Å²) in [5, 5.41) is 0. The van der Waals surface area contributed by atoms with Crippen molar-refractivity contribution >= 4 is 5.91 Å². The molecule has 0 N–H and O–H groups in total. The molecule has 2 heterocycles. The molecule has 1 atom stereocenters. The van der Waals surface area contributed by atoms with Gasteiger partial charge in [-0.15, -0.1) is 0 Å². The quantitative estimate of drug-likeness (QED) is 0.821. The summed E-state index contributed by atoms with van der Waals surface area (Å²) in [7, 11) is 0. The summed E-state index contributed by atoms with van der Waals surface area (Å²) in [6.07, 6.45) is 2.68. The van der Waals surface area contributed by atoms with Crippen molar-refractivity contribution in [3.63, 3.8) is 0 Å². The highest BCUT2D eigenvalue weighted by molar-refractivity contribution is 5.76. The fraction of sp³-hybridized carbons (Fsp3) is 0.533. The van der Waals surface area contributed by atoms with Gasteiger partial charge in [0, 0.05) is 13.0 Å². The lowest BCUT2D eigenvalue weighted by Crippen LogP contribution is -2.29. The number of rotatable bonds is 2. The molecule has 1 fully saturated rings. The predicted molar refractivity (Wildman–Crippen MR) is 71.4 cm³/mol. The molecule has 4 heteroatoms. The molecule has 1 amide bonds. The van der Waals surface area contributed by atoms with Crippen LogP contribution in [0.3, 0.4) is 0 Å². The molecule has 0 saturated carbocycles. The summed E-state index contributed by atoms with van der Waals surface area (Å²) in [6, 6.07) is 6.24. The fourth-order valence-corrected chi connectivity index (χ4v) is 2.88. The maximum absolute atomic E-state index is 12.0. The van der Waals surface area contributed by atoms with E-state index in [2.05, 4.69) is 6.07 Å². The van der Waals surface area contributed by atoms with Crippen molar-refractivity contribution in [2.75, 3.05) is 19.8 Å². The van der Waals surface area contributed by atoms with Gasteiger partial charge in [0.25, 0.3) is 0 Å². The smallest absolute Gasteiger partial charge is 0.222 e. The molecule has 0 spiro atoms. The molecule has 1 aromatic rings. The van der Waals surface area contributed by atoms with Gasteiger partial charge in [0.15, 0.2) is 11.5 Å². The third-order valence-corrected chi connectivity index (χ3v) is 3.83. The summed E-state index contributed by atoms with van der Waals surface area (Å²) in [6.45, 7) is 3.99. The molecule has 1 unspecified atom stereocenters. The number of hydrogen-bond acceptors (Lipinski definition) is 3. The molecule has 0 bridgehead atoms. The zero-order valence-corrected chi connectivity index (χ0v) is 11.2. The highest BCUT2D eigenvalue weighted by Crippen LogP contribution is 2.38. The summed E-state index contributed by atoms with van der Waals surface area (Å²) in [4.78, 5) is 13.9. The van der Waals surface area contributed by atoms with Gasteiger partial charge < -0.3 is 14.4 Å². The Bertz CT molecular complexity index is 486. The average Bonchev–Trinajstić information content (AvgIpc) is 2.95. The maximum Gasteiger partial charge on any atom is 0.222 e. The Morgan fingerprint density at radius 2 is 2.11 bits per heavy atom. The Hall–Kier alpha value is -1.71. The molecule has 1 aromatic carbocycles. The van der Waals surface area contributed by atoms with E-state index in [4.69, 9.17) is 9.47 Å². The number of ether oxygens (including phenoxy) is 2. The minimum absolute atomic E-state index is 0.197. The van der Waals surface area contributed by atoms with E-state index in [1.165, 1.54) is 0 Å². The van der Waals surface area contributed by atoms with Crippen molar-refractivity contribution in [1.82, 2.24) is 4.90 Å². The van der Waals surface area contributed by atoms with E-state index < -0.39 is 0 Å². The molecule has 1 saturated heterocycles. The topological polar surface area (TPSA) is 38.8 Å². The first-order valence-corrected chi connectivity index (χ1v) is 6.98. The monoisotopic (exact) mass is 261 g/mol. The predicted octanol–water partition coefficient (Wildman–Crippen LogP) is 2.53. The SMILES string of the molecule is CCC(=O)N1CCCC1c1ccc2c(c1)OCCO2. The van der Waals surface area contributed by atoms with Gasteiger partial charge in [-0.2, -0.15) is 0 Å². The van der Waals surface area contributed by atoms with Crippen LogP contribution in [0.2, 0.25) is 0 Å². The van der Waals surface area contributed by atoms with Crippen molar-refractivity contribution in [3.05, 3.63) is 23.8 Å². The number of carbonyl (C=O) groups excluding carboxylic acids is 1. The van der Waals surface area contributed by atoms with Crippen molar-refractivity contribution in [1.29, 1.82) is 0 Å². The molecule has 0 aliphatic carbocycles. The third kappa shape index (κ3) is 2.27. The number of likely N-dealkylation sites (tertiary alicyclic amines) is 1. The van der Waals surface area contributed by atoms with Crippen LogP contribution in [0.4, 0.5) is 0 Å². The van der Waals surface area contributed by atoms with Gasteiger partial charge in [-0.05, 0) is 30.5 Å². The Morgan fingerprint density at radius 1 is 1.32 bits per heavy atom. The van der Waals surface area contributed by atoms with Crippen LogP contribution in [-0.2, 0) is 4.79 Å². The van der Waals surface area contributed by atoms with Crippen LogP contribution in [0.15, 0.2) is 18.2 Å². The van der Waals surface area contributed by atoms with Crippen LogP contribution in [0, 0.1) is 0 Å². The van der Waals surface area contributed by atoms with Gasteiger partial charge in [-0.25, -0.2) is 0 Å². The van der Waals surface area contributed by atoms with Gasteiger partial charge in [0.05, 0.1) is 6.04 Å². The van der Waals surface area contributed by atoms with E-state index in [0.717, 1.165) is 36.4 Å². The van der Waals surface area contributed by atoms with Crippen molar-refractivity contribution < 1.29 is 14.3 Å². The lowest BCUT2D eigenvalue weighted by Gasteiger charge is -2.26. The second-order valence-corrected chi connectivity index (χ2v) is 5.00. The van der Waals surface area contributed by atoms with Gasteiger partial charge in [-0.3, -0.25) is 4.79 Å². The molecule has 2 aliphatic rings. The maximum atomic E-state index is 12.0. The van der Waals surface area contributed by atoms with E-state index >= 15 is 0 Å². The van der Waals surface area contributed by atoms with Crippen LogP contribution >= 0.6 is 0 Å². The summed E-state index contributed by atoms with van der Waals surface area (Å²) in [5.74, 6) is 1.85. The minimum Gasteiger partial charge on any atom is -0.486 e. The normalized spacial score (nSPS) is 21.5. The molecule has 2 aliphatic heterocycles. The van der Waals surface area contributed by atoms with Crippen LogP contribution in [-0.4, -0.2) is 30.6 Å².